The van der Waals surface area contributed by atoms with Crippen LogP contribution in [0.15, 0.2) is 60.2 Å². The number of hydrogen-bond donors (Lipinski definition) is 2. The number of rotatable bonds is 6. The number of nitrogens with zero attached hydrogens (tertiary/aromatic N) is 1. The monoisotopic (exact) mass is 474 g/mol. The zero-order valence-corrected chi connectivity index (χ0v) is 19.6. The summed E-state index contributed by atoms with van der Waals surface area (Å²) in [4.78, 5) is 38.5. The molecule has 5 rings (SSSR count). The largest absolute Gasteiger partial charge is 0.478 e. The standard InChI is InChI=1S/C28H30N2O5/c31-26(30-14-12-18(13-15-30)27(32)33)20-11-5-6-19(20)16-29-28(34)35-17-25-23-9-3-1-7-21(23)22-8-2-4-10-24(22)25/h1-4,7-10,12,19-20,25H,5-6,11,13-17H2,(H,29,34)(H,32,33)/t19-,20-/m0/s1. The van der Waals surface area contributed by atoms with Gasteiger partial charge in [-0.25, -0.2) is 9.59 Å². The molecule has 7 heteroatoms. The highest BCUT2D eigenvalue weighted by Crippen LogP contribution is 2.44. The van der Waals surface area contributed by atoms with Crippen molar-refractivity contribution in [3.8, 4) is 11.1 Å². The molecule has 0 bridgehead atoms. The van der Waals surface area contributed by atoms with Gasteiger partial charge in [0, 0.05) is 37.0 Å². The van der Waals surface area contributed by atoms with Crippen molar-refractivity contribution < 1.29 is 24.2 Å². The average Bonchev–Trinajstić information content (AvgIpc) is 3.48. The summed E-state index contributed by atoms with van der Waals surface area (Å²) in [5, 5.41) is 12.0. The molecule has 2 amide bonds. The summed E-state index contributed by atoms with van der Waals surface area (Å²) in [5.41, 5.74) is 5.09. The maximum Gasteiger partial charge on any atom is 0.407 e. The van der Waals surface area contributed by atoms with Gasteiger partial charge in [0.05, 0.1) is 0 Å². The molecule has 2 aromatic carbocycles. The summed E-state index contributed by atoms with van der Waals surface area (Å²) in [7, 11) is 0. The third kappa shape index (κ3) is 4.67. The lowest BCUT2D eigenvalue weighted by Crippen LogP contribution is -2.42. The Hall–Kier alpha value is -3.61. The molecule has 7 nitrogen and oxygen atoms in total. The molecule has 2 aliphatic carbocycles. The highest BCUT2D eigenvalue weighted by molar-refractivity contribution is 5.87. The fourth-order valence-electron chi connectivity index (χ4n) is 5.77. The number of carboxylic acids is 1. The number of alkyl carbamates (subject to hydrolysis) is 1. The summed E-state index contributed by atoms with van der Waals surface area (Å²) in [5.74, 6) is -0.932. The number of hydrogen-bond acceptors (Lipinski definition) is 4. The van der Waals surface area contributed by atoms with E-state index in [0.29, 0.717) is 31.6 Å². The molecule has 1 fully saturated rings. The second kappa shape index (κ2) is 9.94. The second-order valence-electron chi connectivity index (χ2n) is 9.57. The summed E-state index contributed by atoms with van der Waals surface area (Å²) >= 11 is 0. The number of nitrogens with one attached hydrogen (secondary N) is 1. The van der Waals surface area contributed by atoms with Crippen molar-refractivity contribution in [2.45, 2.75) is 31.6 Å². The minimum absolute atomic E-state index is 0.0109. The van der Waals surface area contributed by atoms with E-state index in [1.165, 1.54) is 22.3 Å². The van der Waals surface area contributed by atoms with Crippen LogP contribution in [0.3, 0.4) is 0 Å². The fraction of sp³-hybridized carbons (Fsp3) is 0.393. The first-order chi connectivity index (χ1) is 17.0. The predicted molar refractivity (Wildman–Crippen MR) is 131 cm³/mol. The Morgan fingerprint density at radius 2 is 1.69 bits per heavy atom. The molecule has 1 aliphatic heterocycles. The van der Waals surface area contributed by atoms with Crippen LogP contribution < -0.4 is 5.32 Å². The van der Waals surface area contributed by atoms with E-state index < -0.39 is 12.1 Å². The lowest BCUT2D eigenvalue weighted by Gasteiger charge is -2.30. The fourth-order valence-corrected chi connectivity index (χ4v) is 5.77. The van der Waals surface area contributed by atoms with Crippen molar-refractivity contribution in [1.29, 1.82) is 0 Å². The van der Waals surface area contributed by atoms with E-state index in [0.717, 1.165) is 19.3 Å². The molecule has 182 valence electrons. The molecule has 2 aromatic rings. The average molecular weight is 475 g/mol. The van der Waals surface area contributed by atoms with Crippen LogP contribution in [0.5, 0.6) is 0 Å². The molecule has 1 saturated carbocycles. The van der Waals surface area contributed by atoms with E-state index in [2.05, 4.69) is 29.6 Å². The van der Waals surface area contributed by atoms with Crippen molar-refractivity contribution in [3.05, 3.63) is 71.3 Å². The first-order valence-corrected chi connectivity index (χ1v) is 12.3. The topological polar surface area (TPSA) is 95.9 Å². The first-order valence-electron chi connectivity index (χ1n) is 12.3. The Bertz CT molecular complexity index is 1130. The third-order valence-corrected chi connectivity index (χ3v) is 7.62. The van der Waals surface area contributed by atoms with Gasteiger partial charge < -0.3 is 20.1 Å². The number of fused-ring (bicyclic) bond motifs is 3. The first kappa shape index (κ1) is 23.1. The van der Waals surface area contributed by atoms with Crippen molar-refractivity contribution >= 4 is 18.0 Å². The Morgan fingerprint density at radius 1 is 1.00 bits per heavy atom. The van der Waals surface area contributed by atoms with Crippen LogP contribution in [0.2, 0.25) is 0 Å². The van der Waals surface area contributed by atoms with E-state index in [4.69, 9.17) is 9.84 Å². The van der Waals surface area contributed by atoms with Crippen LogP contribution in [0.25, 0.3) is 11.1 Å². The molecule has 0 spiro atoms. The van der Waals surface area contributed by atoms with Crippen LogP contribution in [0, 0.1) is 11.8 Å². The Balaban J connectivity index is 1.15. The number of carboxylic acid groups (broad SMARTS) is 1. The van der Waals surface area contributed by atoms with Gasteiger partial charge in [0.15, 0.2) is 0 Å². The van der Waals surface area contributed by atoms with Gasteiger partial charge in [0.25, 0.3) is 0 Å². The number of carbonyl (C=O) groups excluding carboxylic acids is 2. The molecule has 0 saturated heterocycles. The molecular formula is C28H30N2O5. The van der Waals surface area contributed by atoms with E-state index in [-0.39, 0.29) is 30.3 Å². The van der Waals surface area contributed by atoms with E-state index >= 15 is 0 Å². The van der Waals surface area contributed by atoms with Gasteiger partial charge in [-0.1, -0.05) is 61.0 Å². The van der Waals surface area contributed by atoms with Crippen LogP contribution in [-0.2, 0) is 14.3 Å². The number of ether oxygens (including phenoxy) is 1. The highest BCUT2D eigenvalue weighted by atomic mass is 16.5. The number of aliphatic carboxylic acids is 1. The van der Waals surface area contributed by atoms with Crippen LogP contribution in [-0.4, -0.2) is 54.2 Å². The predicted octanol–water partition coefficient (Wildman–Crippen LogP) is 4.18. The van der Waals surface area contributed by atoms with Crippen LogP contribution in [0.1, 0.15) is 42.7 Å². The lowest BCUT2D eigenvalue weighted by molar-refractivity contribution is -0.138. The zero-order chi connectivity index (χ0) is 24.4. The maximum absolute atomic E-state index is 13.1. The van der Waals surface area contributed by atoms with E-state index in [9.17, 15) is 14.4 Å². The van der Waals surface area contributed by atoms with Gasteiger partial charge in [-0.2, -0.15) is 0 Å². The van der Waals surface area contributed by atoms with Crippen LogP contribution >= 0.6 is 0 Å². The summed E-state index contributed by atoms with van der Waals surface area (Å²) in [6.07, 6.45) is 4.15. The Labute approximate surface area is 204 Å². The molecular weight excluding hydrogens is 444 g/mol. The number of carbonyl (C=O) groups is 3. The minimum atomic E-state index is -0.914. The van der Waals surface area contributed by atoms with Gasteiger partial charge in [-0.3, -0.25) is 4.79 Å². The summed E-state index contributed by atoms with van der Waals surface area (Å²) < 4.78 is 5.64. The van der Waals surface area contributed by atoms with Gasteiger partial charge in [-0.15, -0.1) is 0 Å². The van der Waals surface area contributed by atoms with Crippen molar-refractivity contribution in [2.75, 3.05) is 26.2 Å². The molecule has 35 heavy (non-hydrogen) atoms. The van der Waals surface area contributed by atoms with Crippen molar-refractivity contribution in [3.63, 3.8) is 0 Å². The van der Waals surface area contributed by atoms with Crippen molar-refractivity contribution in [2.24, 2.45) is 11.8 Å². The van der Waals surface area contributed by atoms with E-state index in [1.54, 1.807) is 11.0 Å². The normalized spacial score (nSPS) is 21.1. The van der Waals surface area contributed by atoms with E-state index in [1.807, 2.05) is 24.3 Å². The SMILES string of the molecule is O=C(NC[C@@H]1CCC[C@@H]1C(=O)N1CC=C(C(=O)O)CC1)OCC1c2ccccc2-c2ccccc21. The summed E-state index contributed by atoms with van der Waals surface area (Å²) in [6.45, 7) is 1.43. The zero-order valence-electron chi connectivity index (χ0n) is 19.6. The third-order valence-electron chi connectivity index (χ3n) is 7.62. The highest BCUT2D eigenvalue weighted by Gasteiger charge is 2.36. The lowest BCUT2D eigenvalue weighted by atomic mass is 9.93. The smallest absolute Gasteiger partial charge is 0.407 e. The molecule has 3 aliphatic rings. The number of benzene rings is 2. The Morgan fingerprint density at radius 3 is 2.31 bits per heavy atom. The second-order valence-corrected chi connectivity index (χ2v) is 9.57. The number of amides is 2. The van der Waals surface area contributed by atoms with Gasteiger partial charge in [-0.05, 0) is 47.4 Å². The van der Waals surface area contributed by atoms with Crippen LogP contribution in [0.4, 0.5) is 4.79 Å². The molecule has 2 atom stereocenters. The molecule has 0 radical (unpaired) electrons. The van der Waals surface area contributed by atoms with Crippen molar-refractivity contribution in [1.82, 2.24) is 10.2 Å². The quantitative estimate of drug-likeness (QED) is 0.655. The minimum Gasteiger partial charge on any atom is -0.478 e. The van der Waals surface area contributed by atoms with Gasteiger partial charge >= 0.3 is 12.1 Å². The molecule has 0 aromatic heterocycles. The molecule has 2 N–H and O–H groups in total. The molecule has 1 heterocycles. The summed E-state index contributed by atoms with van der Waals surface area (Å²) in [6, 6.07) is 16.5. The Kier molecular flexibility index (Phi) is 6.57. The van der Waals surface area contributed by atoms with Gasteiger partial charge in [0.2, 0.25) is 5.91 Å². The maximum atomic E-state index is 13.1. The molecule has 0 unspecified atom stereocenters. The van der Waals surface area contributed by atoms with Gasteiger partial charge in [0.1, 0.15) is 6.61 Å².